The van der Waals surface area contributed by atoms with Crippen LogP contribution in [0.2, 0.25) is 0 Å². The lowest BCUT2D eigenvalue weighted by Gasteiger charge is -2.08. The number of anilines is 1. The van der Waals surface area contributed by atoms with Gasteiger partial charge in [0.15, 0.2) is 5.17 Å². The average Bonchev–Trinajstić information content (AvgIpc) is 2.67. The number of hydrogen-bond donors (Lipinski definition) is 1. The first-order valence-corrected chi connectivity index (χ1v) is 5.88. The van der Waals surface area contributed by atoms with Crippen molar-refractivity contribution in [3.63, 3.8) is 0 Å². The van der Waals surface area contributed by atoms with Gasteiger partial charge in [0.2, 0.25) is 0 Å². The van der Waals surface area contributed by atoms with Crippen LogP contribution in [0.3, 0.4) is 0 Å². The number of nitrogens with zero attached hydrogens (tertiary/aromatic N) is 1. The summed E-state index contributed by atoms with van der Waals surface area (Å²) in [5, 5.41) is 4.19. The maximum atomic E-state index is 13.5. The van der Waals surface area contributed by atoms with E-state index in [1.165, 1.54) is 6.07 Å². The Bertz CT molecular complexity index is 422. The monoisotopic (exact) mass is 240 g/mol. The molecule has 3 nitrogen and oxygen atoms in total. The van der Waals surface area contributed by atoms with Gasteiger partial charge in [0.25, 0.3) is 0 Å². The Balaban J connectivity index is 2.14. The Kier molecular flexibility index (Phi) is 3.33. The first kappa shape index (κ1) is 11.3. The molecule has 1 aliphatic rings. The maximum absolute atomic E-state index is 13.5. The van der Waals surface area contributed by atoms with Gasteiger partial charge in [-0.25, -0.2) is 4.39 Å². The zero-order chi connectivity index (χ0) is 11.5. The highest BCUT2D eigenvalue weighted by Gasteiger charge is 2.16. The highest BCUT2D eigenvalue weighted by atomic mass is 32.2. The molecule has 1 unspecified atom stereocenters. The maximum Gasteiger partial charge on any atom is 0.161 e. The van der Waals surface area contributed by atoms with Gasteiger partial charge >= 0.3 is 0 Å². The minimum atomic E-state index is -0.302. The summed E-state index contributed by atoms with van der Waals surface area (Å²) in [5.41, 5.74) is 0.403. The van der Waals surface area contributed by atoms with Gasteiger partial charge < -0.3 is 10.1 Å². The number of thioether (sulfide) groups is 1. The predicted molar refractivity (Wildman–Crippen MR) is 65.9 cm³/mol. The van der Waals surface area contributed by atoms with E-state index in [0.717, 1.165) is 11.7 Å². The minimum Gasteiger partial charge on any atom is -0.497 e. The molecule has 1 atom stereocenters. The minimum absolute atomic E-state index is 0.302. The van der Waals surface area contributed by atoms with E-state index >= 15 is 0 Å². The van der Waals surface area contributed by atoms with Crippen LogP contribution >= 0.6 is 11.8 Å². The molecule has 16 heavy (non-hydrogen) atoms. The molecule has 0 fully saturated rings. The van der Waals surface area contributed by atoms with Crippen molar-refractivity contribution in [1.82, 2.24) is 0 Å². The van der Waals surface area contributed by atoms with Crippen molar-refractivity contribution < 1.29 is 9.13 Å². The molecule has 1 aliphatic heterocycles. The van der Waals surface area contributed by atoms with Crippen molar-refractivity contribution >= 4 is 22.6 Å². The topological polar surface area (TPSA) is 33.6 Å². The number of methoxy groups -OCH3 is 1. The SMILES string of the molecule is COc1ccc(F)c(NC2=NCC(C)S2)c1. The van der Waals surface area contributed by atoms with Gasteiger partial charge in [-0.2, -0.15) is 0 Å². The van der Waals surface area contributed by atoms with Gasteiger partial charge in [0, 0.05) is 11.3 Å². The Labute approximate surface area is 98.1 Å². The van der Waals surface area contributed by atoms with Crippen molar-refractivity contribution in [2.45, 2.75) is 12.2 Å². The largest absolute Gasteiger partial charge is 0.497 e. The van der Waals surface area contributed by atoms with Gasteiger partial charge in [-0.05, 0) is 12.1 Å². The summed E-state index contributed by atoms with van der Waals surface area (Å²) in [6, 6.07) is 4.60. The molecule has 0 amide bonds. The molecule has 0 aromatic heterocycles. The summed E-state index contributed by atoms with van der Waals surface area (Å²) in [7, 11) is 1.56. The van der Waals surface area contributed by atoms with Crippen LogP contribution in [0.4, 0.5) is 10.1 Å². The van der Waals surface area contributed by atoms with E-state index in [0.29, 0.717) is 16.7 Å². The third-order valence-electron chi connectivity index (χ3n) is 2.22. The van der Waals surface area contributed by atoms with Crippen LogP contribution in [0.25, 0.3) is 0 Å². The molecule has 1 N–H and O–H groups in total. The smallest absolute Gasteiger partial charge is 0.161 e. The molecule has 0 spiro atoms. The van der Waals surface area contributed by atoms with Gasteiger partial charge in [-0.1, -0.05) is 18.7 Å². The highest BCUT2D eigenvalue weighted by Crippen LogP contribution is 2.25. The number of aliphatic imine (C=N–C) groups is 1. The quantitative estimate of drug-likeness (QED) is 0.863. The zero-order valence-corrected chi connectivity index (χ0v) is 9.97. The van der Waals surface area contributed by atoms with Gasteiger partial charge in [-0.15, -0.1) is 0 Å². The van der Waals surface area contributed by atoms with Gasteiger partial charge in [0.05, 0.1) is 19.3 Å². The number of rotatable bonds is 2. The first-order valence-electron chi connectivity index (χ1n) is 5.00. The van der Waals surface area contributed by atoms with E-state index in [1.807, 2.05) is 0 Å². The number of hydrogen-bond acceptors (Lipinski definition) is 4. The fraction of sp³-hybridized carbons (Fsp3) is 0.364. The molecule has 86 valence electrons. The fourth-order valence-electron chi connectivity index (χ4n) is 1.39. The fourth-order valence-corrected chi connectivity index (χ4v) is 2.24. The van der Waals surface area contributed by atoms with Crippen LogP contribution < -0.4 is 10.1 Å². The Morgan fingerprint density at radius 2 is 2.38 bits per heavy atom. The molecule has 0 aliphatic carbocycles. The zero-order valence-electron chi connectivity index (χ0n) is 9.16. The molecule has 1 heterocycles. The van der Waals surface area contributed by atoms with Crippen LogP contribution in [-0.4, -0.2) is 24.1 Å². The summed E-state index contributed by atoms with van der Waals surface area (Å²) in [5.74, 6) is 0.323. The molecule has 0 radical (unpaired) electrons. The Hall–Kier alpha value is -1.23. The van der Waals surface area contributed by atoms with E-state index < -0.39 is 0 Å². The summed E-state index contributed by atoms with van der Waals surface area (Å²) in [6.45, 7) is 2.86. The third-order valence-corrected chi connectivity index (χ3v) is 3.23. The van der Waals surface area contributed by atoms with E-state index in [9.17, 15) is 4.39 Å². The molecular weight excluding hydrogens is 227 g/mol. The number of nitrogens with one attached hydrogen (secondary N) is 1. The van der Waals surface area contributed by atoms with Crippen LogP contribution in [0.15, 0.2) is 23.2 Å². The predicted octanol–water partition coefficient (Wildman–Crippen LogP) is 2.74. The van der Waals surface area contributed by atoms with Crippen LogP contribution in [0, 0.1) is 5.82 Å². The molecule has 5 heteroatoms. The molecule has 1 aromatic rings. The van der Waals surface area contributed by atoms with Gasteiger partial charge in [-0.3, -0.25) is 4.99 Å². The number of halogens is 1. The average molecular weight is 240 g/mol. The number of amidine groups is 1. The van der Waals surface area contributed by atoms with Crippen molar-refractivity contribution in [1.29, 1.82) is 0 Å². The summed E-state index contributed by atoms with van der Waals surface area (Å²) >= 11 is 1.61. The second-order valence-corrected chi connectivity index (χ2v) is 4.97. The third kappa shape index (κ3) is 2.47. The lowest BCUT2D eigenvalue weighted by molar-refractivity contribution is 0.414. The summed E-state index contributed by atoms with van der Waals surface area (Å²) < 4.78 is 18.5. The molecular formula is C11H13FN2OS. The lowest BCUT2D eigenvalue weighted by atomic mass is 10.3. The van der Waals surface area contributed by atoms with E-state index in [4.69, 9.17) is 4.74 Å². The molecule has 2 rings (SSSR count). The summed E-state index contributed by atoms with van der Waals surface area (Å²) in [6.07, 6.45) is 0. The molecule has 1 aromatic carbocycles. The van der Waals surface area contributed by atoms with Crippen LogP contribution in [0.5, 0.6) is 5.75 Å². The second-order valence-electron chi connectivity index (χ2n) is 3.55. The van der Waals surface area contributed by atoms with E-state index in [1.54, 1.807) is 31.0 Å². The van der Waals surface area contributed by atoms with Crippen molar-refractivity contribution in [2.24, 2.45) is 4.99 Å². The Morgan fingerprint density at radius 1 is 1.56 bits per heavy atom. The number of benzene rings is 1. The highest BCUT2D eigenvalue weighted by molar-refractivity contribution is 8.15. The number of ether oxygens (including phenoxy) is 1. The lowest BCUT2D eigenvalue weighted by Crippen LogP contribution is -2.07. The normalized spacial score (nSPS) is 19.4. The van der Waals surface area contributed by atoms with Crippen molar-refractivity contribution in [2.75, 3.05) is 19.0 Å². The molecule has 0 bridgehead atoms. The molecule has 0 saturated carbocycles. The van der Waals surface area contributed by atoms with E-state index in [-0.39, 0.29) is 5.82 Å². The van der Waals surface area contributed by atoms with E-state index in [2.05, 4.69) is 17.2 Å². The van der Waals surface area contributed by atoms with Crippen molar-refractivity contribution in [3.05, 3.63) is 24.0 Å². The Morgan fingerprint density at radius 3 is 3.00 bits per heavy atom. The first-order chi connectivity index (χ1) is 7.69. The standard InChI is InChI=1S/C11H13FN2OS/c1-7-6-13-11(16-7)14-10-5-8(15-2)3-4-9(10)12/h3-5,7H,6H2,1-2H3,(H,13,14). The van der Waals surface area contributed by atoms with Crippen molar-refractivity contribution in [3.8, 4) is 5.75 Å². The molecule has 0 saturated heterocycles. The second kappa shape index (κ2) is 4.74. The summed E-state index contributed by atoms with van der Waals surface area (Å²) in [4.78, 5) is 4.27. The van der Waals surface area contributed by atoms with Gasteiger partial charge in [0.1, 0.15) is 11.6 Å². The van der Waals surface area contributed by atoms with Crippen LogP contribution in [0.1, 0.15) is 6.92 Å². The van der Waals surface area contributed by atoms with Crippen LogP contribution in [-0.2, 0) is 0 Å².